The van der Waals surface area contributed by atoms with Gasteiger partial charge in [0.2, 0.25) is 10.0 Å². The molecule has 1 aromatic carbocycles. The molecular weight excluding hydrogens is 308 g/mol. The van der Waals surface area contributed by atoms with Crippen LogP contribution < -0.4 is 4.72 Å². The number of sulfonamides is 1. The molecule has 0 spiro atoms. The summed E-state index contributed by atoms with van der Waals surface area (Å²) in [6, 6.07) is 6.33. The van der Waals surface area contributed by atoms with Crippen LogP contribution in [0.2, 0.25) is 0 Å². The average molecular weight is 328 g/mol. The lowest BCUT2D eigenvalue weighted by Gasteiger charge is -2.28. The molecule has 122 valence electrons. The average Bonchev–Trinajstić information content (AvgIpc) is 2.53. The number of aryl methyl sites for hydroxylation is 1. The lowest BCUT2D eigenvalue weighted by Crippen LogP contribution is -2.49. The van der Waals surface area contributed by atoms with Gasteiger partial charge in [0.25, 0.3) is 5.91 Å². The number of amides is 1. The Morgan fingerprint density at radius 3 is 2.50 bits per heavy atom. The minimum absolute atomic E-state index is 0.101. The minimum Gasteiger partial charge on any atom is -0.382 e. The van der Waals surface area contributed by atoms with E-state index in [-0.39, 0.29) is 11.4 Å². The molecule has 1 unspecified atom stereocenters. The fourth-order valence-corrected chi connectivity index (χ4v) is 3.11. The molecule has 1 aliphatic heterocycles. The smallest absolute Gasteiger partial charge is 0.252 e. The molecule has 22 heavy (non-hydrogen) atoms. The quantitative estimate of drug-likeness (QED) is 0.759. The zero-order valence-electron chi connectivity index (χ0n) is 12.4. The van der Waals surface area contributed by atoms with Crippen LogP contribution in [0.5, 0.6) is 0 Å². The van der Waals surface area contributed by atoms with E-state index in [0.717, 1.165) is 5.56 Å². The molecule has 1 saturated heterocycles. The van der Waals surface area contributed by atoms with Gasteiger partial charge in [0, 0.05) is 19.6 Å². The van der Waals surface area contributed by atoms with Crippen molar-refractivity contribution in [1.29, 1.82) is 0 Å². The second kappa shape index (κ2) is 7.19. The molecule has 2 N–H and O–H groups in total. The molecule has 8 heteroatoms. The minimum atomic E-state index is -3.74. The third kappa shape index (κ3) is 4.26. The number of hydrogen-bond donors (Lipinski definition) is 2. The summed E-state index contributed by atoms with van der Waals surface area (Å²) in [4.78, 5) is 13.5. The van der Waals surface area contributed by atoms with E-state index in [1.54, 1.807) is 12.1 Å². The molecule has 1 fully saturated rings. The third-order valence-corrected chi connectivity index (χ3v) is 4.85. The maximum Gasteiger partial charge on any atom is 0.252 e. The summed E-state index contributed by atoms with van der Waals surface area (Å²) in [6.07, 6.45) is -1.40. The number of aliphatic hydroxyl groups excluding tert-OH is 1. The maximum absolute atomic E-state index is 12.1. The van der Waals surface area contributed by atoms with Crippen LogP contribution in [0.15, 0.2) is 29.2 Å². The van der Waals surface area contributed by atoms with E-state index >= 15 is 0 Å². The van der Waals surface area contributed by atoms with Crippen molar-refractivity contribution in [2.75, 3.05) is 32.8 Å². The number of aliphatic hydroxyl groups is 1. The number of carbonyl (C=O) groups is 1. The number of nitrogens with one attached hydrogen (secondary N) is 1. The fraction of sp³-hybridized carbons (Fsp3) is 0.500. The zero-order valence-corrected chi connectivity index (χ0v) is 13.2. The van der Waals surface area contributed by atoms with Crippen LogP contribution in [0, 0.1) is 6.92 Å². The van der Waals surface area contributed by atoms with E-state index in [1.807, 2.05) is 6.92 Å². The van der Waals surface area contributed by atoms with E-state index < -0.39 is 22.0 Å². The van der Waals surface area contributed by atoms with Crippen LogP contribution in [0.4, 0.5) is 0 Å². The molecular formula is C14H20N2O5S. The van der Waals surface area contributed by atoms with Gasteiger partial charge < -0.3 is 14.7 Å². The largest absolute Gasteiger partial charge is 0.382 e. The van der Waals surface area contributed by atoms with E-state index in [9.17, 15) is 18.3 Å². The van der Waals surface area contributed by atoms with Crippen molar-refractivity contribution in [2.24, 2.45) is 0 Å². The number of carbonyl (C=O) groups excluding carboxylic acids is 1. The first-order chi connectivity index (χ1) is 10.4. The molecule has 1 heterocycles. The van der Waals surface area contributed by atoms with Crippen LogP contribution >= 0.6 is 0 Å². The second-order valence-corrected chi connectivity index (χ2v) is 6.89. The zero-order chi connectivity index (χ0) is 16.2. The van der Waals surface area contributed by atoms with Crippen LogP contribution in [-0.4, -0.2) is 63.3 Å². The lowest BCUT2D eigenvalue weighted by atomic mass is 10.2. The van der Waals surface area contributed by atoms with Crippen molar-refractivity contribution in [3.8, 4) is 0 Å². The summed E-state index contributed by atoms with van der Waals surface area (Å²) in [5.41, 5.74) is 0.946. The summed E-state index contributed by atoms with van der Waals surface area (Å²) in [7, 11) is -3.74. The number of benzene rings is 1. The third-order valence-electron chi connectivity index (χ3n) is 3.41. The molecule has 0 aliphatic carbocycles. The van der Waals surface area contributed by atoms with Crippen LogP contribution in [0.1, 0.15) is 5.56 Å². The lowest BCUT2D eigenvalue weighted by molar-refractivity contribution is -0.143. The first kappa shape index (κ1) is 16.9. The molecule has 1 aliphatic rings. The van der Waals surface area contributed by atoms with Crippen molar-refractivity contribution in [2.45, 2.75) is 17.9 Å². The Kier molecular flexibility index (Phi) is 5.52. The maximum atomic E-state index is 12.1. The highest BCUT2D eigenvalue weighted by Crippen LogP contribution is 2.10. The normalized spacial score (nSPS) is 17.3. The first-order valence-electron chi connectivity index (χ1n) is 7.01. The molecule has 0 aromatic heterocycles. The highest BCUT2D eigenvalue weighted by atomic mass is 32.2. The molecule has 0 saturated carbocycles. The number of rotatable bonds is 5. The van der Waals surface area contributed by atoms with Gasteiger partial charge in [-0.1, -0.05) is 17.7 Å². The summed E-state index contributed by atoms with van der Waals surface area (Å²) in [5, 5.41) is 9.87. The van der Waals surface area contributed by atoms with Crippen LogP contribution in [-0.2, 0) is 19.6 Å². The summed E-state index contributed by atoms with van der Waals surface area (Å²) < 4.78 is 31.5. The number of morpholine rings is 1. The number of nitrogens with zero attached hydrogens (tertiary/aromatic N) is 1. The standard InChI is InChI=1S/C14H20N2O5S/c1-11-2-4-12(5-3-11)22(19,20)15-10-13(17)14(18)16-6-8-21-9-7-16/h2-5,13,15,17H,6-10H2,1H3. The van der Waals surface area contributed by atoms with Gasteiger partial charge >= 0.3 is 0 Å². The van der Waals surface area contributed by atoms with E-state index in [2.05, 4.69) is 4.72 Å². The predicted octanol–water partition coefficient (Wildman–Crippen LogP) is -0.507. The topological polar surface area (TPSA) is 95.9 Å². The molecule has 7 nitrogen and oxygen atoms in total. The molecule has 1 aromatic rings. The van der Waals surface area contributed by atoms with Gasteiger partial charge in [-0.05, 0) is 19.1 Å². The van der Waals surface area contributed by atoms with Gasteiger partial charge in [0.05, 0.1) is 18.1 Å². The summed E-state index contributed by atoms with van der Waals surface area (Å²) >= 11 is 0. The van der Waals surface area contributed by atoms with E-state index in [1.165, 1.54) is 17.0 Å². The summed E-state index contributed by atoms with van der Waals surface area (Å²) in [5.74, 6) is -0.491. The Morgan fingerprint density at radius 2 is 1.91 bits per heavy atom. The van der Waals surface area contributed by atoms with Gasteiger partial charge in [0.1, 0.15) is 6.10 Å². The highest BCUT2D eigenvalue weighted by Gasteiger charge is 2.25. The van der Waals surface area contributed by atoms with Crippen LogP contribution in [0.3, 0.4) is 0 Å². The molecule has 2 rings (SSSR count). The Hall–Kier alpha value is -1.48. The predicted molar refractivity (Wildman–Crippen MR) is 79.8 cm³/mol. The van der Waals surface area contributed by atoms with Crippen molar-refractivity contribution >= 4 is 15.9 Å². The second-order valence-electron chi connectivity index (χ2n) is 5.12. The number of ether oxygens (including phenoxy) is 1. The van der Waals surface area contributed by atoms with Gasteiger partial charge in [-0.15, -0.1) is 0 Å². The molecule has 0 radical (unpaired) electrons. The monoisotopic (exact) mass is 328 g/mol. The fourth-order valence-electron chi connectivity index (χ4n) is 2.07. The van der Waals surface area contributed by atoms with Crippen molar-refractivity contribution < 1.29 is 23.1 Å². The van der Waals surface area contributed by atoms with Gasteiger partial charge in [-0.25, -0.2) is 13.1 Å². The Balaban J connectivity index is 1.93. The number of hydrogen-bond acceptors (Lipinski definition) is 5. The first-order valence-corrected chi connectivity index (χ1v) is 8.49. The van der Waals surface area contributed by atoms with Crippen molar-refractivity contribution in [3.05, 3.63) is 29.8 Å². The highest BCUT2D eigenvalue weighted by molar-refractivity contribution is 7.89. The van der Waals surface area contributed by atoms with Gasteiger partial charge in [-0.2, -0.15) is 0 Å². The van der Waals surface area contributed by atoms with Crippen molar-refractivity contribution in [3.63, 3.8) is 0 Å². The Morgan fingerprint density at radius 1 is 1.32 bits per heavy atom. The van der Waals surface area contributed by atoms with E-state index in [4.69, 9.17) is 4.74 Å². The van der Waals surface area contributed by atoms with Gasteiger partial charge in [-0.3, -0.25) is 4.79 Å². The molecule has 1 atom stereocenters. The summed E-state index contributed by atoms with van der Waals surface area (Å²) in [6.45, 7) is 3.16. The Bertz CT molecular complexity index is 609. The van der Waals surface area contributed by atoms with Crippen LogP contribution in [0.25, 0.3) is 0 Å². The Labute approximate surface area is 129 Å². The van der Waals surface area contributed by atoms with Gasteiger partial charge in [0.15, 0.2) is 0 Å². The van der Waals surface area contributed by atoms with E-state index in [0.29, 0.717) is 26.3 Å². The SMILES string of the molecule is Cc1ccc(S(=O)(=O)NCC(O)C(=O)N2CCOCC2)cc1. The van der Waals surface area contributed by atoms with Crippen molar-refractivity contribution in [1.82, 2.24) is 9.62 Å². The molecule has 0 bridgehead atoms. The molecule has 1 amide bonds.